The van der Waals surface area contributed by atoms with Gasteiger partial charge in [0.15, 0.2) is 4.96 Å². The minimum Gasteiger partial charge on any atom is -0.320 e. The number of anilines is 1. The second-order valence-corrected chi connectivity index (χ2v) is 9.91. The summed E-state index contributed by atoms with van der Waals surface area (Å²) in [5.74, 6) is -0.532. The number of amides is 2. The van der Waals surface area contributed by atoms with Gasteiger partial charge >= 0.3 is 6.03 Å². The Morgan fingerprint density at radius 1 is 1.06 bits per heavy atom. The third-order valence-electron chi connectivity index (χ3n) is 5.74. The maximum atomic E-state index is 13.5. The number of hydrogen-bond donors (Lipinski definition) is 1. The second kappa shape index (κ2) is 10.7. The molecular formula is C27H21Cl2FN4OS. The van der Waals surface area contributed by atoms with Gasteiger partial charge in [-0.25, -0.2) is 14.2 Å². The summed E-state index contributed by atoms with van der Waals surface area (Å²) < 4.78 is 15.6. The molecular weight excluding hydrogens is 518 g/mol. The van der Waals surface area contributed by atoms with Crippen LogP contribution in [-0.2, 0) is 13.0 Å². The topological polar surface area (TPSA) is 49.6 Å². The van der Waals surface area contributed by atoms with E-state index in [0.29, 0.717) is 30.2 Å². The number of hydrogen-bond acceptors (Lipinski definition) is 3. The molecule has 0 fully saturated rings. The van der Waals surface area contributed by atoms with E-state index in [2.05, 4.69) is 15.1 Å². The third-order valence-corrected chi connectivity index (χ3v) is 7.17. The standard InChI is InChI=1S/C27H21Cl2FN4OS/c28-20-8-6-19(7-9-20)25-16-34-22(17-36-27(34)32-25)12-13-33(15-18-4-2-1-3-5-18)26(35)31-21-10-11-24(30)23(29)14-21/h1-11,14,16-17H,12-13,15H2,(H,31,35). The molecule has 182 valence electrons. The van der Waals surface area contributed by atoms with Gasteiger partial charge < -0.3 is 10.2 Å². The summed E-state index contributed by atoms with van der Waals surface area (Å²) in [6.45, 7) is 0.894. The van der Waals surface area contributed by atoms with E-state index in [1.54, 1.807) is 16.2 Å². The molecule has 0 saturated carbocycles. The summed E-state index contributed by atoms with van der Waals surface area (Å²) in [5, 5.41) is 5.54. The second-order valence-electron chi connectivity index (χ2n) is 8.23. The minimum atomic E-state index is -0.532. The molecule has 9 heteroatoms. The van der Waals surface area contributed by atoms with E-state index in [1.165, 1.54) is 18.2 Å². The molecule has 2 amide bonds. The zero-order valence-corrected chi connectivity index (χ0v) is 21.3. The van der Waals surface area contributed by atoms with Gasteiger partial charge in [-0.3, -0.25) is 4.40 Å². The molecule has 5 aromatic rings. The Bertz CT molecular complexity index is 1500. The monoisotopic (exact) mass is 538 g/mol. The van der Waals surface area contributed by atoms with Gasteiger partial charge in [-0.2, -0.15) is 0 Å². The molecule has 0 aliphatic carbocycles. The molecule has 0 aliphatic rings. The molecule has 0 aliphatic heterocycles. The Hall–Kier alpha value is -3.39. The van der Waals surface area contributed by atoms with Crippen LogP contribution in [0.4, 0.5) is 14.9 Å². The van der Waals surface area contributed by atoms with Crippen molar-refractivity contribution in [1.29, 1.82) is 0 Å². The number of halogens is 3. The summed E-state index contributed by atoms with van der Waals surface area (Å²) in [4.78, 5) is 20.6. The lowest BCUT2D eigenvalue weighted by Crippen LogP contribution is -2.36. The van der Waals surface area contributed by atoms with Crippen LogP contribution in [0, 0.1) is 5.82 Å². The van der Waals surface area contributed by atoms with Gasteiger partial charge in [0.05, 0.1) is 10.7 Å². The first kappa shape index (κ1) is 24.3. The first-order valence-electron chi connectivity index (χ1n) is 11.2. The number of fused-ring (bicyclic) bond motifs is 1. The van der Waals surface area contributed by atoms with Gasteiger partial charge in [0.2, 0.25) is 0 Å². The van der Waals surface area contributed by atoms with Crippen molar-refractivity contribution < 1.29 is 9.18 Å². The molecule has 0 spiro atoms. The first-order chi connectivity index (χ1) is 17.5. The maximum absolute atomic E-state index is 13.5. The van der Waals surface area contributed by atoms with Crippen LogP contribution in [0.5, 0.6) is 0 Å². The van der Waals surface area contributed by atoms with E-state index in [9.17, 15) is 9.18 Å². The Morgan fingerprint density at radius 3 is 2.58 bits per heavy atom. The summed E-state index contributed by atoms with van der Waals surface area (Å²) in [6, 6.07) is 21.2. The van der Waals surface area contributed by atoms with Crippen molar-refractivity contribution in [2.45, 2.75) is 13.0 Å². The Kier molecular flexibility index (Phi) is 7.23. The molecule has 0 bridgehead atoms. The predicted molar refractivity (Wildman–Crippen MR) is 144 cm³/mol. The van der Waals surface area contributed by atoms with Crippen molar-refractivity contribution in [3.63, 3.8) is 0 Å². The van der Waals surface area contributed by atoms with E-state index in [1.807, 2.05) is 60.8 Å². The molecule has 36 heavy (non-hydrogen) atoms. The number of urea groups is 1. The van der Waals surface area contributed by atoms with Crippen LogP contribution in [0.25, 0.3) is 16.2 Å². The molecule has 3 aromatic carbocycles. The first-order valence-corrected chi connectivity index (χ1v) is 12.9. The molecule has 0 atom stereocenters. The van der Waals surface area contributed by atoms with Gasteiger partial charge in [0, 0.05) is 53.1 Å². The third kappa shape index (κ3) is 5.54. The molecule has 2 heterocycles. The van der Waals surface area contributed by atoms with E-state index < -0.39 is 5.82 Å². The number of rotatable bonds is 7. The van der Waals surface area contributed by atoms with Crippen LogP contribution >= 0.6 is 34.5 Å². The number of benzene rings is 3. The summed E-state index contributed by atoms with van der Waals surface area (Å²) >= 11 is 13.5. The number of thiazole rings is 1. The van der Waals surface area contributed by atoms with Gasteiger partial charge in [-0.15, -0.1) is 11.3 Å². The number of carbonyl (C=O) groups is 1. The van der Waals surface area contributed by atoms with Crippen LogP contribution < -0.4 is 5.32 Å². The number of nitrogens with zero attached hydrogens (tertiary/aromatic N) is 3. The number of aromatic nitrogens is 2. The largest absolute Gasteiger partial charge is 0.322 e. The van der Waals surface area contributed by atoms with Crippen LogP contribution in [0.15, 0.2) is 84.4 Å². The lowest BCUT2D eigenvalue weighted by atomic mass is 10.2. The van der Waals surface area contributed by atoms with E-state index in [4.69, 9.17) is 28.2 Å². The van der Waals surface area contributed by atoms with Crippen molar-refractivity contribution in [3.8, 4) is 11.3 Å². The van der Waals surface area contributed by atoms with Gasteiger partial charge in [0.1, 0.15) is 5.82 Å². The quantitative estimate of drug-likeness (QED) is 0.230. The molecule has 5 rings (SSSR count). The SMILES string of the molecule is O=C(Nc1ccc(F)c(Cl)c1)N(CCc1csc2nc(-c3ccc(Cl)cc3)cn12)Cc1ccccc1. The fourth-order valence-corrected chi connectivity index (χ4v) is 5.06. The number of nitrogens with one attached hydrogen (secondary N) is 1. The van der Waals surface area contributed by atoms with Crippen molar-refractivity contribution in [1.82, 2.24) is 14.3 Å². The van der Waals surface area contributed by atoms with Crippen molar-refractivity contribution >= 4 is 51.2 Å². The highest BCUT2D eigenvalue weighted by atomic mass is 35.5. The lowest BCUT2D eigenvalue weighted by molar-refractivity contribution is 0.209. The van der Waals surface area contributed by atoms with E-state index in [-0.39, 0.29) is 11.1 Å². The summed E-state index contributed by atoms with van der Waals surface area (Å²) in [5.41, 5.74) is 4.35. The molecule has 5 nitrogen and oxygen atoms in total. The van der Waals surface area contributed by atoms with Crippen LogP contribution in [0.1, 0.15) is 11.3 Å². The van der Waals surface area contributed by atoms with Gasteiger partial charge in [0.25, 0.3) is 0 Å². The van der Waals surface area contributed by atoms with Crippen molar-refractivity contribution in [2.75, 3.05) is 11.9 Å². The molecule has 0 saturated heterocycles. The smallest absolute Gasteiger partial charge is 0.320 e. The highest BCUT2D eigenvalue weighted by Crippen LogP contribution is 2.25. The van der Waals surface area contributed by atoms with Gasteiger partial charge in [-0.05, 0) is 35.9 Å². The minimum absolute atomic E-state index is 0.0420. The summed E-state index contributed by atoms with van der Waals surface area (Å²) in [7, 11) is 0. The molecule has 1 N–H and O–H groups in total. The zero-order valence-electron chi connectivity index (χ0n) is 19.0. The van der Waals surface area contributed by atoms with Crippen LogP contribution in [0.2, 0.25) is 10.0 Å². The van der Waals surface area contributed by atoms with Crippen molar-refractivity contribution in [2.24, 2.45) is 0 Å². The highest BCUT2D eigenvalue weighted by Gasteiger charge is 2.17. The molecule has 2 aromatic heterocycles. The maximum Gasteiger partial charge on any atom is 0.322 e. The predicted octanol–water partition coefficient (Wildman–Crippen LogP) is 7.79. The lowest BCUT2D eigenvalue weighted by Gasteiger charge is -2.23. The van der Waals surface area contributed by atoms with E-state index in [0.717, 1.165) is 27.5 Å². The van der Waals surface area contributed by atoms with Gasteiger partial charge in [-0.1, -0.05) is 65.7 Å². The Morgan fingerprint density at radius 2 is 1.83 bits per heavy atom. The average molecular weight is 539 g/mol. The Balaban J connectivity index is 1.35. The fourth-order valence-electron chi connectivity index (χ4n) is 3.85. The molecule has 0 radical (unpaired) electrons. The van der Waals surface area contributed by atoms with E-state index >= 15 is 0 Å². The summed E-state index contributed by atoms with van der Waals surface area (Å²) in [6.07, 6.45) is 2.63. The van der Waals surface area contributed by atoms with Crippen LogP contribution in [0.3, 0.4) is 0 Å². The van der Waals surface area contributed by atoms with Crippen molar-refractivity contribution in [3.05, 3.63) is 111 Å². The fraction of sp³-hybridized carbons (Fsp3) is 0.111. The Labute approximate surface area is 221 Å². The van der Waals surface area contributed by atoms with Crippen LogP contribution in [-0.4, -0.2) is 26.9 Å². The number of imidazole rings is 1. The average Bonchev–Trinajstić information content (AvgIpc) is 3.46. The number of carbonyl (C=O) groups excluding carboxylic acids is 1. The molecule has 0 unspecified atom stereocenters. The zero-order chi connectivity index (χ0) is 25.1. The normalized spacial score (nSPS) is 11.1. The highest BCUT2D eigenvalue weighted by molar-refractivity contribution is 7.15.